The molecule has 0 radical (unpaired) electrons. The molecule has 1 aromatic carbocycles. The van der Waals surface area contributed by atoms with Gasteiger partial charge in [-0.3, -0.25) is 9.36 Å². The molecule has 0 aliphatic heterocycles. The predicted molar refractivity (Wildman–Crippen MR) is 81.8 cm³/mol. The van der Waals surface area contributed by atoms with E-state index in [2.05, 4.69) is 4.98 Å². The van der Waals surface area contributed by atoms with Crippen molar-refractivity contribution in [2.45, 2.75) is 26.8 Å². The first-order valence-corrected chi connectivity index (χ1v) is 7.09. The number of benzene rings is 1. The quantitative estimate of drug-likeness (QED) is 0.943. The summed E-state index contributed by atoms with van der Waals surface area (Å²) in [4.78, 5) is 18.5. The maximum Gasteiger partial charge on any atom is 0.245 e. The number of amides is 1. The van der Waals surface area contributed by atoms with Crippen LogP contribution in [-0.2, 0) is 4.79 Å². The first-order valence-electron chi connectivity index (χ1n) is 6.71. The summed E-state index contributed by atoms with van der Waals surface area (Å²) in [5.41, 5.74) is 7.38. The van der Waals surface area contributed by atoms with Crippen LogP contribution in [-0.4, -0.2) is 33.4 Å². The molecule has 2 N–H and O–H groups in total. The van der Waals surface area contributed by atoms with E-state index in [1.165, 1.54) is 0 Å². The summed E-state index contributed by atoms with van der Waals surface area (Å²) in [5.74, 6) is 0.321. The van der Waals surface area contributed by atoms with Crippen molar-refractivity contribution >= 4 is 34.5 Å². The molecule has 20 heavy (non-hydrogen) atoms. The van der Waals surface area contributed by atoms with Crippen LogP contribution in [0.3, 0.4) is 0 Å². The number of carbonyl (C=O) groups is 1. The molecule has 2 rings (SSSR count). The van der Waals surface area contributed by atoms with Crippen molar-refractivity contribution < 1.29 is 4.79 Å². The fraction of sp³-hybridized carbons (Fsp3) is 0.429. The van der Waals surface area contributed by atoms with E-state index in [1.807, 2.05) is 32.9 Å². The number of para-hydroxylation sites is 1. The van der Waals surface area contributed by atoms with Gasteiger partial charge in [0, 0.05) is 13.1 Å². The van der Waals surface area contributed by atoms with Crippen LogP contribution >= 0.6 is 11.6 Å². The van der Waals surface area contributed by atoms with Crippen LogP contribution in [0.5, 0.6) is 0 Å². The molecule has 0 bridgehead atoms. The van der Waals surface area contributed by atoms with E-state index < -0.39 is 6.04 Å². The van der Waals surface area contributed by atoms with Crippen molar-refractivity contribution in [3.63, 3.8) is 0 Å². The molecule has 1 aromatic heterocycles. The van der Waals surface area contributed by atoms with Gasteiger partial charge < -0.3 is 10.6 Å². The van der Waals surface area contributed by atoms with E-state index in [9.17, 15) is 4.79 Å². The van der Waals surface area contributed by atoms with Gasteiger partial charge in [0.1, 0.15) is 6.04 Å². The topological polar surface area (TPSA) is 64.2 Å². The molecule has 108 valence electrons. The summed E-state index contributed by atoms with van der Waals surface area (Å²) < 4.78 is 1.71. The Bertz CT molecular complexity index is 633. The zero-order valence-corrected chi connectivity index (χ0v) is 12.7. The number of hydrogen-bond donors (Lipinski definition) is 1. The molecule has 1 atom stereocenters. The van der Waals surface area contributed by atoms with Gasteiger partial charge in [-0.2, -0.15) is 0 Å². The van der Waals surface area contributed by atoms with E-state index in [0.29, 0.717) is 35.1 Å². The summed E-state index contributed by atoms with van der Waals surface area (Å²) in [5, 5.41) is 0.547. The number of nitrogens with zero attached hydrogens (tertiary/aromatic N) is 3. The highest BCUT2D eigenvalue weighted by atomic mass is 35.5. The van der Waals surface area contributed by atoms with Crippen molar-refractivity contribution in [2.75, 3.05) is 18.8 Å². The normalized spacial score (nSPS) is 12.6. The van der Waals surface area contributed by atoms with Crippen LogP contribution in [0.4, 0.5) is 5.95 Å². The molecule has 1 unspecified atom stereocenters. The van der Waals surface area contributed by atoms with Crippen molar-refractivity contribution in [2.24, 2.45) is 0 Å². The Morgan fingerprint density at radius 1 is 1.45 bits per heavy atom. The maximum atomic E-state index is 12.5. The van der Waals surface area contributed by atoms with Gasteiger partial charge in [0.15, 0.2) is 0 Å². The minimum Gasteiger partial charge on any atom is -0.369 e. The number of aromatic nitrogens is 2. The lowest BCUT2D eigenvalue weighted by molar-refractivity contribution is -0.133. The van der Waals surface area contributed by atoms with Gasteiger partial charge in [-0.05, 0) is 32.9 Å². The second kappa shape index (κ2) is 5.71. The number of imidazole rings is 1. The van der Waals surface area contributed by atoms with E-state index in [4.69, 9.17) is 17.3 Å². The first kappa shape index (κ1) is 14.7. The lowest BCUT2D eigenvalue weighted by Gasteiger charge is -2.24. The van der Waals surface area contributed by atoms with Crippen molar-refractivity contribution in [1.29, 1.82) is 0 Å². The molecule has 1 amide bonds. The highest BCUT2D eigenvalue weighted by Gasteiger charge is 2.24. The fourth-order valence-corrected chi connectivity index (χ4v) is 2.69. The Balaban J connectivity index is 2.52. The third-order valence-electron chi connectivity index (χ3n) is 3.51. The molecule has 2 aromatic rings. The van der Waals surface area contributed by atoms with Gasteiger partial charge in [0.2, 0.25) is 11.9 Å². The summed E-state index contributed by atoms with van der Waals surface area (Å²) in [6, 6.07) is 5.00. The molecule has 0 saturated carbocycles. The SMILES string of the molecule is CCN(CC)C(=O)C(C)n1c(N)nc2cccc(Cl)c21. The Morgan fingerprint density at radius 2 is 2.10 bits per heavy atom. The van der Waals surface area contributed by atoms with Crippen LogP contribution < -0.4 is 5.73 Å². The molecule has 0 aliphatic rings. The summed E-state index contributed by atoms with van der Waals surface area (Å²) >= 11 is 6.23. The third-order valence-corrected chi connectivity index (χ3v) is 3.81. The number of rotatable bonds is 4. The largest absolute Gasteiger partial charge is 0.369 e. The van der Waals surface area contributed by atoms with Gasteiger partial charge in [-0.25, -0.2) is 4.98 Å². The highest BCUT2D eigenvalue weighted by molar-refractivity contribution is 6.35. The van der Waals surface area contributed by atoms with Crippen LogP contribution in [0.2, 0.25) is 5.02 Å². The third kappa shape index (κ3) is 2.33. The molecular weight excluding hydrogens is 276 g/mol. The van der Waals surface area contributed by atoms with Crippen LogP contribution in [0.1, 0.15) is 26.8 Å². The number of nitrogen functional groups attached to an aromatic ring is 1. The summed E-state index contributed by atoms with van der Waals surface area (Å²) in [7, 11) is 0. The number of likely N-dealkylation sites (N-methyl/N-ethyl adjacent to an activating group) is 1. The monoisotopic (exact) mass is 294 g/mol. The standard InChI is InChI=1S/C14H19ClN4O/c1-4-18(5-2)13(20)9(3)19-12-10(15)7-6-8-11(12)17-14(19)16/h6-9H,4-5H2,1-3H3,(H2,16,17). The number of hydrogen-bond acceptors (Lipinski definition) is 3. The van der Waals surface area contributed by atoms with Gasteiger partial charge >= 0.3 is 0 Å². The van der Waals surface area contributed by atoms with Crippen LogP contribution in [0, 0.1) is 0 Å². The second-order valence-electron chi connectivity index (χ2n) is 4.63. The van der Waals surface area contributed by atoms with Gasteiger partial charge in [-0.15, -0.1) is 0 Å². The number of nitrogens with two attached hydrogens (primary N) is 1. The van der Waals surface area contributed by atoms with E-state index >= 15 is 0 Å². The Hall–Kier alpha value is -1.75. The van der Waals surface area contributed by atoms with Gasteiger partial charge in [-0.1, -0.05) is 17.7 Å². The van der Waals surface area contributed by atoms with Crippen molar-refractivity contribution in [1.82, 2.24) is 14.5 Å². The van der Waals surface area contributed by atoms with E-state index in [-0.39, 0.29) is 5.91 Å². The Labute approximate surface area is 123 Å². The molecule has 0 fully saturated rings. The average molecular weight is 295 g/mol. The predicted octanol–water partition coefficient (Wildman–Crippen LogP) is 2.70. The lowest BCUT2D eigenvalue weighted by atomic mass is 10.2. The molecule has 0 spiro atoms. The molecule has 1 heterocycles. The average Bonchev–Trinajstić information content (AvgIpc) is 2.76. The van der Waals surface area contributed by atoms with E-state index in [0.717, 1.165) is 0 Å². The van der Waals surface area contributed by atoms with E-state index in [1.54, 1.807) is 15.5 Å². The summed E-state index contributed by atoms with van der Waals surface area (Å²) in [6.45, 7) is 7.06. The minimum atomic E-state index is -0.431. The minimum absolute atomic E-state index is 0.0147. The van der Waals surface area contributed by atoms with Gasteiger partial charge in [0.25, 0.3) is 0 Å². The zero-order valence-electron chi connectivity index (χ0n) is 11.9. The number of fused-ring (bicyclic) bond motifs is 1. The number of anilines is 1. The summed E-state index contributed by atoms with van der Waals surface area (Å²) in [6.07, 6.45) is 0. The Kier molecular flexibility index (Phi) is 4.18. The molecule has 5 nitrogen and oxygen atoms in total. The van der Waals surface area contributed by atoms with Gasteiger partial charge in [0.05, 0.1) is 16.1 Å². The van der Waals surface area contributed by atoms with Crippen molar-refractivity contribution in [3.8, 4) is 0 Å². The highest BCUT2D eigenvalue weighted by Crippen LogP contribution is 2.29. The van der Waals surface area contributed by atoms with Crippen molar-refractivity contribution in [3.05, 3.63) is 23.2 Å². The smallest absolute Gasteiger partial charge is 0.245 e. The second-order valence-corrected chi connectivity index (χ2v) is 5.04. The molecule has 6 heteroatoms. The molecular formula is C14H19ClN4O. The lowest BCUT2D eigenvalue weighted by Crippen LogP contribution is -2.36. The van der Waals surface area contributed by atoms with Crippen LogP contribution in [0.15, 0.2) is 18.2 Å². The Morgan fingerprint density at radius 3 is 2.70 bits per heavy atom. The maximum absolute atomic E-state index is 12.5. The fourth-order valence-electron chi connectivity index (χ4n) is 2.43. The first-order chi connectivity index (χ1) is 9.51. The molecule has 0 saturated heterocycles. The van der Waals surface area contributed by atoms with Crippen LogP contribution in [0.25, 0.3) is 11.0 Å². The zero-order chi connectivity index (χ0) is 14.9. The molecule has 0 aliphatic carbocycles. The number of halogens is 1. The number of carbonyl (C=O) groups excluding carboxylic acids is 1.